The van der Waals surface area contributed by atoms with Crippen LogP contribution in [0, 0.1) is 5.41 Å². The van der Waals surface area contributed by atoms with Crippen LogP contribution in [0.4, 0.5) is 5.82 Å². The van der Waals surface area contributed by atoms with E-state index in [1.54, 1.807) is 0 Å². The molecule has 7 nitrogen and oxygen atoms in total. The first kappa shape index (κ1) is 17.8. The first-order valence-corrected chi connectivity index (χ1v) is 9.25. The summed E-state index contributed by atoms with van der Waals surface area (Å²) in [6.07, 6.45) is 10.7. The number of nitrogens with one attached hydrogen (secondary N) is 1. The first-order valence-electron chi connectivity index (χ1n) is 9.25. The molecule has 0 saturated carbocycles. The highest BCUT2D eigenvalue weighted by atomic mass is 16.5. The maximum Gasteiger partial charge on any atom is 0.182 e. The normalized spacial score (nSPS) is 25.1. The van der Waals surface area contributed by atoms with Crippen molar-refractivity contribution in [3.63, 3.8) is 0 Å². The lowest BCUT2D eigenvalue weighted by atomic mass is 9.87. The van der Waals surface area contributed by atoms with Gasteiger partial charge in [0.15, 0.2) is 12.4 Å². The van der Waals surface area contributed by atoms with Crippen LogP contribution in [-0.4, -0.2) is 65.4 Å². The molecule has 2 atom stereocenters. The molecule has 140 valence electrons. The monoisotopic (exact) mass is 365 g/mol. The van der Waals surface area contributed by atoms with Crippen molar-refractivity contribution in [3.05, 3.63) is 53.2 Å². The molecule has 2 unspecified atom stereocenters. The van der Waals surface area contributed by atoms with Crippen LogP contribution in [0.1, 0.15) is 19.0 Å². The van der Waals surface area contributed by atoms with Crippen LogP contribution in [-0.2, 0) is 4.74 Å². The predicted octanol–water partition coefficient (Wildman–Crippen LogP) is 1.26. The summed E-state index contributed by atoms with van der Waals surface area (Å²) in [5.74, 6) is 0.831. The molecule has 3 N–H and O–H groups in total. The summed E-state index contributed by atoms with van der Waals surface area (Å²) in [4.78, 5) is 10.9. The van der Waals surface area contributed by atoms with Crippen LogP contribution in [0.5, 0.6) is 0 Å². The number of anilines is 1. The number of ether oxygens (including phenoxy) is 1. The van der Waals surface area contributed by atoms with Gasteiger partial charge >= 0.3 is 0 Å². The zero-order chi connectivity index (χ0) is 19.0. The highest BCUT2D eigenvalue weighted by molar-refractivity contribution is 6.11. The standard InChI is InChI=1S/C20H25N6O/c1-13-9-26(5-6-27-13)19-8-18(23-12-24-19)20(22)16-7-14(3-4-17(16)21)15-10-25(2)11-15/h3,7-8,10-13,17,22H,4-6,9,21H2,1-2H3/q+1. The molecule has 1 aliphatic carbocycles. The first-order chi connectivity index (χ1) is 13.0. The Kier molecular flexibility index (Phi) is 4.72. The van der Waals surface area contributed by atoms with Gasteiger partial charge in [-0.25, -0.2) is 14.5 Å². The number of morpholine rings is 1. The van der Waals surface area contributed by atoms with E-state index in [-0.39, 0.29) is 12.1 Å². The van der Waals surface area contributed by atoms with Crippen molar-refractivity contribution < 1.29 is 9.31 Å². The second-order valence-corrected chi connectivity index (χ2v) is 7.24. The van der Waals surface area contributed by atoms with E-state index in [1.807, 2.05) is 23.8 Å². The van der Waals surface area contributed by atoms with E-state index in [9.17, 15) is 0 Å². The quantitative estimate of drug-likeness (QED) is 0.619. The Hall–Kier alpha value is -2.64. The average Bonchev–Trinajstić information content (AvgIpc) is 2.66. The third kappa shape index (κ3) is 3.61. The van der Waals surface area contributed by atoms with E-state index in [1.165, 1.54) is 11.9 Å². The van der Waals surface area contributed by atoms with E-state index in [0.717, 1.165) is 36.5 Å². The number of allylic oxidation sites excluding steroid dienone is 3. The molecule has 3 aliphatic rings. The highest BCUT2D eigenvalue weighted by Gasteiger charge is 2.25. The largest absolute Gasteiger partial charge is 0.375 e. The number of hydrogen-bond acceptors (Lipinski definition) is 6. The van der Waals surface area contributed by atoms with Crippen molar-refractivity contribution in [3.8, 4) is 0 Å². The fourth-order valence-electron chi connectivity index (χ4n) is 3.58. The van der Waals surface area contributed by atoms with Crippen molar-refractivity contribution in [1.29, 1.82) is 5.41 Å². The summed E-state index contributed by atoms with van der Waals surface area (Å²) in [6.45, 7) is 4.32. The van der Waals surface area contributed by atoms with E-state index in [2.05, 4.69) is 40.3 Å². The predicted molar refractivity (Wildman–Crippen MR) is 106 cm³/mol. The third-order valence-corrected chi connectivity index (χ3v) is 5.08. The maximum absolute atomic E-state index is 8.70. The van der Waals surface area contributed by atoms with Crippen LogP contribution in [0.2, 0.25) is 0 Å². The Balaban J connectivity index is 1.58. The fraction of sp³-hybridized carbons (Fsp3) is 0.400. The molecule has 0 spiro atoms. The van der Waals surface area contributed by atoms with E-state index >= 15 is 0 Å². The van der Waals surface area contributed by atoms with Gasteiger partial charge in [-0.1, -0.05) is 6.08 Å². The molecular formula is C20H25N6O+. The number of nitrogens with two attached hydrogens (primary N) is 1. The topological polar surface area (TPSA) is 91.1 Å². The van der Waals surface area contributed by atoms with Crippen molar-refractivity contribution in [2.24, 2.45) is 5.73 Å². The Morgan fingerprint density at radius 3 is 2.93 bits per heavy atom. The summed E-state index contributed by atoms with van der Waals surface area (Å²) < 4.78 is 7.62. The van der Waals surface area contributed by atoms with Gasteiger partial charge in [0, 0.05) is 25.2 Å². The Labute approximate surface area is 159 Å². The fourth-order valence-corrected chi connectivity index (χ4v) is 3.58. The van der Waals surface area contributed by atoms with E-state index < -0.39 is 0 Å². The van der Waals surface area contributed by atoms with Crippen molar-refractivity contribution in [2.75, 3.05) is 31.6 Å². The summed E-state index contributed by atoms with van der Waals surface area (Å²) in [5.41, 5.74) is 10.4. The van der Waals surface area contributed by atoms with Crippen LogP contribution in [0.15, 0.2) is 47.5 Å². The highest BCUT2D eigenvalue weighted by Crippen LogP contribution is 2.26. The lowest BCUT2D eigenvalue weighted by Gasteiger charge is -2.32. The van der Waals surface area contributed by atoms with Crippen LogP contribution in [0.25, 0.3) is 0 Å². The van der Waals surface area contributed by atoms with Gasteiger partial charge < -0.3 is 15.4 Å². The minimum Gasteiger partial charge on any atom is -0.375 e. The van der Waals surface area contributed by atoms with Gasteiger partial charge in [-0.3, -0.25) is 5.41 Å². The second kappa shape index (κ2) is 7.17. The van der Waals surface area contributed by atoms with Gasteiger partial charge in [0.2, 0.25) is 0 Å². The molecule has 7 heteroatoms. The zero-order valence-corrected chi connectivity index (χ0v) is 15.7. The maximum atomic E-state index is 8.70. The van der Waals surface area contributed by atoms with Crippen molar-refractivity contribution in [1.82, 2.24) is 9.97 Å². The summed E-state index contributed by atoms with van der Waals surface area (Å²) in [7, 11) is 2.00. The SMILES string of the molecule is CC1CN(c2cc(C(=N)C3=CC(C4=C[N+](C)=C4)=CCC3N)ncn2)CCO1. The number of aromatic nitrogens is 2. The molecule has 4 rings (SSSR count). The summed E-state index contributed by atoms with van der Waals surface area (Å²) in [6, 6.07) is 1.69. The molecule has 0 amide bonds. The summed E-state index contributed by atoms with van der Waals surface area (Å²) in [5, 5.41) is 8.70. The van der Waals surface area contributed by atoms with Crippen LogP contribution in [0.3, 0.4) is 0 Å². The second-order valence-electron chi connectivity index (χ2n) is 7.24. The van der Waals surface area contributed by atoms with Crippen LogP contribution < -0.4 is 10.6 Å². The molecular weight excluding hydrogens is 340 g/mol. The molecule has 1 aromatic rings. The van der Waals surface area contributed by atoms with Crippen molar-refractivity contribution in [2.45, 2.75) is 25.5 Å². The molecule has 1 saturated heterocycles. The minimum atomic E-state index is -0.193. The smallest absolute Gasteiger partial charge is 0.182 e. The average molecular weight is 365 g/mol. The molecule has 2 aliphatic heterocycles. The van der Waals surface area contributed by atoms with Gasteiger partial charge in [-0.2, -0.15) is 0 Å². The number of nitrogens with zero attached hydrogens (tertiary/aromatic N) is 4. The molecule has 0 aromatic carbocycles. The molecule has 0 bridgehead atoms. The van der Waals surface area contributed by atoms with Crippen LogP contribution >= 0.6 is 0 Å². The Morgan fingerprint density at radius 1 is 1.37 bits per heavy atom. The Morgan fingerprint density at radius 2 is 2.19 bits per heavy atom. The Bertz CT molecular complexity index is 897. The third-order valence-electron chi connectivity index (χ3n) is 5.08. The van der Waals surface area contributed by atoms with E-state index in [0.29, 0.717) is 18.0 Å². The van der Waals surface area contributed by atoms with Gasteiger partial charge in [0.25, 0.3) is 0 Å². The lowest BCUT2D eigenvalue weighted by molar-refractivity contribution is -0.428. The molecule has 3 heterocycles. The number of rotatable bonds is 4. The molecule has 1 aromatic heterocycles. The van der Waals surface area contributed by atoms with Crippen molar-refractivity contribution >= 4 is 17.7 Å². The van der Waals surface area contributed by atoms with Gasteiger partial charge in [0.1, 0.15) is 24.8 Å². The van der Waals surface area contributed by atoms with Gasteiger partial charge in [0.05, 0.1) is 24.1 Å². The van der Waals surface area contributed by atoms with Gasteiger partial charge in [-0.05, 0) is 30.6 Å². The summed E-state index contributed by atoms with van der Waals surface area (Å²) >= 11 is 0. The molecule has 1 fully saturated rings. The number of hydrogen-bond donors (Lipinski definition) is 2. The zero-order valence-electron chi connectivity index (χ0n) is 15.7. The minimum absolute atomic E-state index is 0.170. The molecule has 0 radical (unpaired) electrons. The lowest BCUT2D eigenvalue weighted by Crippen LogP contribution is -2.41. The molecule has 27 heavy (non-hydrogen) atoms. The van der Waals surface area contributed by atoms with Gasteiger partial charge in [-0.15, -0.1) is 0 Å². The van der Waals surface area contributed by atoms with E-state index in [4.69, 9.17) is 15.9 Å².